The molecule has 1 unspecified atom stereocenters. The Kier molecular flexibility index (Phi) is 5.78. The quantitative estimate of drug-likeness (QED) is 0.778. The van der Waals surface area contributed by atoms with Crippen molar-refractivity contribution < 1.29 is 27.4 Å². The van der Waals surface area contributed by atoms with Crippen molar-refractivity contribution in [2.45, 2.75) is 44.2 Å². The fourth-order valence-corrected chi connectivity index (χ4v) is 3.48. The van der Waals surface area contributed by atoms with Gasteiger partial charge in [0.1, 0.15) is 0 Å². The lowest BCUT2D eigenvalue weighted by atomic mass is 9.82. The van der Waals surface area contributed by atoms with E-state index >= 15 is 0 Å². The summed E-state index contributed by atoms with van der Waals surface area (Å²) >= 11 is 0. The Morgan fingerprint density at radius 1 is 1.41 bits per heavy atom. The number of ether oxygens (including phenoxy) is 2. The van der Waals surface area contributed by atoms with Gasteiger partial charge in [0.15, 0.2) is 5.82 Å². The number of aromatic nitrogens is 1. The van der Waals surface area contributed by atoms with Gasteiger partial charge in [-0.05, 0) is 25.5 Å². The average Bonchev–Trinajstić information content (AvgIpc) is 3.13. The monoisotopic (exact) mass is 387 g/mol. The largest absolute Gasteiger partial charge is 0.481 e. The molecule has 2 fully saturated rings. The van der Waals surface area contributed by atoms with Crippen LogP contribution in [-0.2, 0) is 11.3 Å². The van der Waals surface area contributed by atoms with Crippen LogP contribution in [-0.4, -0.2) is 55.1 Å². The molecule has 0 spiro atoms. The molecule has 3 rings (SSSR count). The van der Waals surface area contributed by atoms with Crippen LogP contribution in [0.2, 0.25) is 0 Å². The number of rotatable bonds is 7. The molecule has 0 aromatic carbocycles. The zero-order chi connectivity index (χ0) is 19.6. The number of hydrogen-bond donors (Lipinski definition) is 1. The molecular formula is C18H24F3N3O3. The van der Waals surface area contributed by atoms with Gasteiger partial charge >= 0.3 is 0 Å². The second-order valence-corrected chi connectivity index (χ2v) is 7.23. The van der Waals surface area contributed by atoms with Crippen molar-refractivity contribution >= 4 is 5.91 Å². The lowest BCUT2D eigenvalue weighted by Crippen LogP contribution is -2.41. The van der Waals surface area contributed by atoms with Gasteiger partial charge in [-0.1, -0.05) is 0 Å². The molecule has 1 aliphatic heterocycles. The number of pyridine rings is 1. The van der Waals surface area contributed by atoms with Crippen molar-refractivity contribution in [2.24, 2.45) is 5.92 Å². The minimum Gasteiger partial charge on any atom is -0.481 e. The second kappa shape index (κ2) is 7.92. The molecule has 1 aliphatic carbocycles. The minimum absolute atomic E-state index is 0.0201. The number of halogens is 3. The Labute approximate surface area is 156 Å². The Morgan fingerprint density at radius 3 is 2.74 bits per heavy atom. The zero-order valence-electron chi connectivity index (χ0n) is 15.4. The molecule has 2 aliphatic rings. The van der Waals surface area contributed by atoms with Gasteiger partial charge in [0, 0.05) is 31.4 Å². The predicted molar refractivity (Wildman–Crippen MR) is 91.4 cm³/mol. The number of likely N-dealkylation sites (N-methyl/N-ethyl adjacent to an activating group) is 1. The molecule has 1 N–H and O–H groups in total. The molecule has 27 heavy (non-hydrogen) atoms. The third-order valence-electron chi connectivity index (χ3n) is 4.95. The standard InChI is InChI=1S/C18H24F3N3O3/c1-24(17(25)14-4-3-5-22-14)9-12-6-13(19)16(23-15(12)26-2)27-10-11-7-18(20,21)8-11/h6,11,14,22H,3-5,7-10H2,1-2H3. The highest BCUT2D eigenvalue weighted by molar-refractivity contribution is 5.82. The van der Waals surface area contributed by atoms with E-state index in [1.807, 2.05) is 0 Å². The number of methoxy groups -OCH3 is 1. The van der Waals surface area contributed by atoms with Crippen molar-refractivity contribution in [2.75, 3.05) is 27.3 Å². The summed E-state index contributed by atoms with van der Waals surface area (Å²) in [6.07, 6.45) is 1.21. The van der Waals surface area contributed by atoms with Crippen LogP contribution in [0.15, 0.2) is 6.07 Å². The van der Waals surface area contributed by atoms with Crippen LogP contribution in [0, 0.1) is 11.7 Å². The molecular weight excluding hydrogens is 363 g/mol. The number of carbonyl (C=O) groups is 1. The first-order valence-corrected chi connectivity index (χ1v) is 9.01. The predicted octanol–water partition coefficient (Wildman–Crippen LogP) is 2.36. The van der Waals surface area contributed by atoms with Crippen molar-refractivity contribution in [1.82, 2.24) is 15.2 Å². The van der Waals surface area contributed by atoms with Gasteiger partial charge in [-0.25, -0.2) is 13.2 Å². The first kappa shape index (κ1) is 19.7. The number of nitrogens with one attached hydrogen (secondary N) is 1. The number of alkyl halides is 2. The van der Waals surface area contributed by atoms with E-state index < -0.39 is 11.7 Å². The summed E-state index contributed by atoms with van der Waals surface area (Å²) in [5, 5.41) is 3.13. The molecule has 0 bridgehead atoms. The van der Waals surface area contributed by atoms with Gasteiger partial charge in [0.2, 0.25) is 17.7 Å². The van der Waals surface area contributed by atoms with E-state index in [4.69, 9.17) is 9.47 Å². The van der Waals surface area contributed by atoms with E-state index in [9.17, 15) is 18.0 Å². The number of hydrogen-bond acceptors (Lipinski definition) is 5. The normalized spacial score (nSPS) is 21.6. The van der Waals surface area contributed by atoms with Gasteiger partial charge in [-0.2, -0.15) is 4.98 Å². The van der Waals surface area contributed by atoms with Gasteiger partial charge < -0.3 is 19.7 Å². The van der Waals surface area contributed by atoms with Crippen molar-refractivity contribution in [1.29, 1.82) is 0 Å². The lowest BCUT2D eigenvalue weighted by molar-refractivity contribution is -0.132. The fraction of sp³-hybridized carbons (Fsp3) is 0.667. The number of amides is 1. The van der Waals surface area contributed by atoms with E-state index in [2.05, 4.69) is 10.3 Å². The topological polar surface area (TPSA) is 63.7 Å². The summed E-state index contributed by atoms with van der Waals surface area (Å²) in [4.78, 5) is 17.9. The maximum absolute atomic E-state index is 14.3. The molecule has 1 atom stereocenters. The van der Waals surface area contributed by atoms with Crippen LogP contribution in [0.5, 0.6) is 11.8 Å². The van der Waals surface area contributed by atoms with Crippen LogP contribution in [0.4, 0.5) is 13.2 Å². The third kappa shape index (κ3) is 4.63. The maximum atomic E-state index is 14.3. The summed E-state index contributed by atoms with van der Waals surface area (Å²) in [5.74, 6) is -3.87. The third-order valence-corrected chi connectivity index (χ3v) is 4.95. The lowest BCUT2D eigenvalue weighted by Gasteiger charge is -2.34. The first-order chi connectivity index (χ1) is 12.8. The number of carbonyl (C=O) groups excluding carboxylic acids is 1. The molecule has 1 saturated carbocycles. The highest BCUT2D eigenvalue weighted by Gasteiger charge is 2.45. The molecule has 1 aromatic rings. The van der Waals surface area contributed by atoms with Crippen molar-refractivity contribution in [3.05, 3.63) is 17.4 Å². The smallest absolute Gasteiger partial charge is 0.253 e. The summed E-state index contributed by atoms with van der Waals surface area (Å²) in [7, 11) is 3.03. The average molecular weight is 387 g/mol. The van der Waals surface area contributed by atoms with Crippen molar-refractivity contribution in [3.63, 3.8) is 0 Å². The molecule has 2 heterocycles. The van der Waals surface area contributed by atoms with E-state index in [1.165, 1.54) is 18.1 Å². The van der Waals surface area contributed by atoms with Gasteiger partial charge in [-0.3, -0.25) is 4.79 Å². The maximum Gasteiger partial charge on any atom is 0.253 e. The Morgan fingerprint density at radius 2 is 2.15 bits per heavy atom. The SMILES string of the molecule is COc1nc(OCC2CC(F)(F)C2)c(F)cc1CN(C)C(=O)C1CCCN1. The second-order valence-electron chi connectivity index (χ2n) is 7.23. The molecule has 150 valence electrons. The minimum atomic E-state index is -2.65. The Bertz CT molecular complexity index is 688. The summed E-state index contributed by atoms with van der Waals surface area (Å²) in [6.45, 7) is 0.926. The summed E-state index contributed by atoms with van der Waals surface area (Å²) < 4.78 is 50.5. The molecule has 9 heteroatoms. The van der Waals surface area contributed by atoms with Gasteiger partial charge in [0.25, 0.3) is 5.88 Å². The molecule has 1 amide bonds. The highest BCUT2D eigenvalue weighted by atomic mass is 19.3. The number of nitrogens with zero attached hydrogens (tertiary/aromatic N) is 2. The van der Waals surface area contributed by atoms with Crippen LogP contribution < -0.4 is 14.8 Å². The van der Waals surface area contributed by atoms with Crippen LogP contribution >= 0.6 is 0 Å². The molecule has 1 saturated heterocycles. The van der Waals surface area contributed by atoms with E-state index in [0.29, 0.717) is 5.56 Å². The van der Waals surface area contributed by atoms with E-state index in [1.54, 1.807) is 7.05 Å². The van der Waals surface area contributed by atoms with Crippen molar-refractivity contribution in [3.8, 4) is 11.8 Å². The fourth-order valence-electron chi connectivity index (χ4n) is 3.48. The van der Waals surface area contributed by atoms with E-state index in [-0.39, 0.29) is 55.6 Å². The first-order valence-electron chi connectivity index (χ1n) is 9.01. The summed E-state index contributed by atoms with van der Waals surface area (Å²) in [5.41, 5.74) is 0.409. The van der Waals surface area contributed by atoms with Gasteiger partial charge in [-0.15, -0.1) is 0 Å². The van der Waals surface area contributed by atoms with Gasteiger partial charge in [0.05, 0.1) is 26.3 Å². The molecule has 0 radical (unpaired) electrons. The highest BCUT2D eigenvalue weighted by Crippen LogP contribution is 2.42. The van der Waals surface area contributed by atoms with Crippen LogP contribution in [0.3, 0.4) is 0 Å². The Hall–Kier alpha value is -2.03. The van der Waals surface area contributed by atoms with Crippen LogP contribution in [0.1, 0.15) is 31.2 Å². The summed E-state index contributed by atoms with van der Waals surface area (Å²) in [6, 6.07) is 0.990. The zero-order valence-corrected chi connectivity index (χ0v) is 15.4. The van der Waals surface area contributed by atoms with Crippen LogP contribution in [0.25, 0.3) is 0 Å². The van der Waals surface area contributed by atoms with E-state index in [0.717, 1.165) is 19.4 Å². The molecule has 6 nitrogen and oxygen atoms in total. The Balaban J connectivity index is 1.63. The molecule has 1 aromatic heterocycles.